The lowest BCUT2D eigenvalue weighted by atomic mass is 9.95. The number of hydrogen-bond acceptors (Lipinski definition) is 4. The SMILES string of the molecule is NC[C@H]1CCC[C@H]1C(=O)NCc1ccc(S(=O)(=O)N2CCCCC2)cc1. The largest absolute Gasteiger partial charge is 0.352 e. The number of nitrogens with two attached hydrogens (primary N) is 1. The fourth-order valence-electron chi connectivity index (χ4n) is 4.02. The van der Waals surface area contributed by atoms with E-state index in [1.807, 2.05) is 0 Å². The van der Waals surface area contributed by atoms with Crippen molar-refractivity contribution in [3.63, 3.8) is 0 Å². The lowest BCUT2D eigenvalue weighted by molar-refractivity contribution is -0.126. The Balaban J connectivity index is 1.58. The molecule has 1 aromatic rings. The van der Waals surface area contributed by atoms with Crippen LogP contribution < -0.4 is 11.1 Å². The minimum atomic E-state index is -3.40. The summed E-state index contributed by atoms with van der Waals surface area (Å²) in [4.78, 5) is 12.7. The summed E-state index contributed by atoms with van der Waals surface area (Å²) in [5.74, 6) is 0.355. The number of carbonyl (C=O) groups is 1. The number of piperidine rings is 1. The summed E-state index contributed by atoms with van der Waals surface area (Å²) in [5.41, 5.74) is 6.65. The van der Waals surface area contributed by atoms with Gasteiger partial charge in [-0.2, -0.15) is 4.31 Å². The Kier molecular flexibility index (Phi) is 6.32. The van der Waals surface area contributed by atoms with Crippen LogP contribution in [0.4, 0.5) is 0 Å². The van der Waals surface area contributed by atoms with Crippen LogP contribution in [0, 0.1) is 11.8 Å². The number of sulfonamides is 1. The van der Waals surface area contributed by atoms with E-state index >= 15 is 0 Å². The van der Waals surface area contributed by atoms with Crippen LogP contribution in [-0.2, 0) is 21.4 Å². The van der Waals surface area contributed by atoms with Crippen LogP contribution in [0.3, 0.4) is 0 Å². The van der Waals surface area contributed by atoms with Gasteiger partial charge in [0, 0.05) is 25.6 Å². The monoisotopic (exact) mass is 379 g/mol. The van der Waals surface area contributed by atoms with Gasteiger partial charge in [-0.25, -0.2) is 8.42 Å². The molecule has 26 heavy (non-hydrogen) atoms. The van der Waals surface area contributed by atoms with E-state index in [0.717, 1.165) is 44.1 Å². The molecule has 1 aromatic carbocycles. The molecule has 1 aliphatic heterocycles. The van der Waals surface area contributed by atoms with Crippen molar-refractivity contribution in [1.82, 2.24) is 9.62 Å². The molecule has 1 aliphatic carbocycles. The zero-order valence-electron chi connectivity index (χ0n) is 15.2. The molecule has 144 valence electrons. The first kappa shape index (κ1) is 19.3. The Morgan fingerprint density at radius 2 is 1.77 bits per heavy atom. The van der Waals surface area contributed by atoms with Crippen molar-refractivity contribution in [2.75, 3.05) is 19.6 Å². The lowest BCUT2D eigenvalue weighted by Gasteiger charge is -2.25. The van der Waals surface area contributed by atoms with E-state index in [9.17, 15) is 13.2 Å². The molecule has 7 heteroatoms. The van der Waals surface area contributed by atoms with E-state index in [0.29, 0.717) is 31.1 Å². The zero-order chi connectivity index (χ0) is 18.6. The second-order valence-electron chi connectivity index (χ2n) is 7.36. The molecule has 0 bridgehead atoms. The molecule has 1 heterocycles. The van der Waals surface area contributed by atoms with E-state index in [2.05, 4.69) is 5.32 Å². The summed E-state index contributed by atoms with van der Waals surface area (Å²) in [6.07, 6.45) is 5.93. The van der Waals surface area contributed by atoms with Crippen LogP contribution in [0.1, 0.15) is 44.1 Å². The maximum atomic E-state index is 12.7. The summed E-state index contributed by atoms with van der Waals surface area (Å²) < 4.78 is 26.9. The Hall–Kier alpha value is -1.44. The quantitative estimate of drug-likeness (QED) is 0.789. The Morgan fingerprint density at radius 3 is 2.42 bits per heavy atom. The average molecular weight is 380 g/mol. The van der Waals surface area contributed by atoms with Crippen LogP contribution in [-0.4, -0.2) is 38.3 Å². The van der Waals surface area contributed by atoms with Gasteiger partial charge in [0.2, 0.25) is 15.9 Å². The van der Waals surface area contributed by atoms with Gasteiger partial charge >= 0.3 is 0 Å². The van der Waals surface area contributed by atoms with E-state index < -0.39 is 10.0 Å². The Labute approximate surface area is 156 Å². The van der Waals surface area contributed by atoms with E-state index in [4.69, 9.17) is 5.73 Å². The van der Waals surface area contributed by atoms with Crippen molar-refractivity contribution in [3.05, 3.63) is 29.8 Å². The first-order chi connectivity index (χ1) is 12.5. The van der Waals surface area contributed by atoms with Gasteiger partial charge in [0.25, 0.3) is 0 Å². The predicted molar refractivity (Wildman–Crippen MR) is 101 cm³/mol. The summed E-state index contributed by atoms with van der Waals surface area (Å²) in [6.45, 7) is 2.17. The highest BCUT2D eigenvalue weighted by Crippen LogP contribution is 2.31. The van der Waals surface area contributed by atoms with Gasteiger partial charge in [-0.3, -0.25) is 4.79 Å². The van der Waals surface area contributed by atoms with Crippen LogP contribution in [0.25, 0.3) is 0 Å². The molecule has 0 aromatic heterocycles. The highest BCUT2D eigenvalue weighted by Gasteiger charge is 2.31. The highest BCUT2D eigenvalue weighted by molar-refractivity contribution is 7.89. The molecular formula is C19H29N3O3S. The normalized spacial score (nSPS) is 24.5. The first-order valence-electron chi connectivity index (χ1n) is 9.59. The minimum absolute atomic E-state index is 0.0127. The predicted octanol–water partition coefficient (Wildman–Crippen LogP) is 1.85. The fourth-order valence-corrected chi connectivity index (χ4v) is 5.54. The number of benzene rings is 1. The molecule has 2 atom stereocenters. The lowest BCUT2D eigenvalue weighted by Crippen LogP contribution is -2.35. The maximum Gasteiger partial charge on any atom is 0.243 e. The van der Waals surface area contributed by atoms with Gasteiger partial charge in [0.15, 0.2) is 0 Å². The van der Waals surface area contributed by atoms with Crippen LogP contribution >= 0.6 is 0 Å². The fraction of sp³-hybridized carbons (Fsp3) is 0.632. The van der Waals surface area contributed by atoms with Crippen molar-refractivity contribution in [3.8, 4) is 0 Å². The molecule has 1 saturated heterocycles. The number of rotatable bonds is 6. The third kappa shape index (κ3) is 4.27. The molecule has 3 rings (SSSR count). The standard InChI is InChI=1S/C19H29N3O3S/c20-13-16-5-4-6-18(16)19(23)21-14-15-7-9-17(10-8-15)26(24,25)22-11-2-1-3-12-22/h7-10,16,18H,1-6,11-14,20H2,(H,21,23)/t16-,18-/m1/s1. The van der Waals surface area contributed by atoms with Crippen molar-refractivity contribution >= 4 is 15.9 Å². The second-order valence-corrected chi connectivity index (χ2v) is 9.30. The smallest absolute Gasteiger partial charge is 0.243 e. The van der Waals surface area contributed by atoms with Crippen molar-refractivity contribution in [2.45, 2.75) is 50.0 Å². The molecule has 3 N–H and O–H groups in total. The summed E-state index contributed by atoms with van der Waals surface area (Å²) in [7, 11) is -3.40. The third-order valence-corrected chi connectivity index (χ3v) is 7.55. The highest BCUT2D eigenvalue weighted by atomic mass is 32.2. The van der Waals surface area contributed by atoms with Crippen molar-refractivity contribution in [2.24, 2.45) is 17.6 Å². The molecule has 6 nitrogen and oxygen atoms in total. The van der Waals surface area contributed by atoms with Gasteiger partial charge in [-0.1, -0.05) is 25.0 Å². The second kappa shape index (κ2) is 8.50. The van der Waals surface area contributed by atoms with E-state index in [1.165, 1.54) is 0 Å². The number of carbonyl (C=O) groups excluding carboxylic acids is 1. The van der Waals surface area contributed by atoms with Gasteiger partial charge in [0.05, 0.1) is 4.90 Å². The average Bonchev–Trinajstić information content (AvgIpc) is 3.16. The van der Waals surface area contributed by atoms with Gasteiger partial charge in [0.1, 0.15) is 0 Å². The van der Waals surface area contributed by atoms with Crippen LogP contribution in [0.2, 0.25) is 0 Å². The third-order valence-electron chi connectivity index (χ3n) is 5.64. The van der Waals surface area contributed by atoms with Gasteiger partial charge in [-0.15, -0.1) is 0 Å². The Bertz CT molecular complexity index is 712. The van der Waals surface area contributed by atoms with Crippen molar-refractivity contribution in [1.29, 1.82) is 0 Å². The van der Waals surface area contributed by atoms with E-state index in [1.54, 1.807) is 28.6 Å². The molecule has 1 amide bonds. The number of nitrogens with zero attached hydrogens (tertiary/aromatic N) is 1. The summed E-state index contributed by atoms with van der Waals surface area (Å²) in [6, 6.07) is 6.85. The van der Waals surface area contributed by atoms with Crippen LogP contribution in [0.5, 0.6) is 0 Å². The molecule has 0 radical (unpaired) electrons. The van der Waals surface area contributed by atoms with Crippen molar-refractivity contribution < 1.29 is 13.2 Å². The summed E-state index contributed by atoms with van der Waals surface area (Å²) in [5, 5.41) is 2.97. The number of nitrogens with one attached hydrogen (secondary N) is 1. The molecule has 1 saturated carbocycles. The van der Waals surface area contributed by atoms with Gasteiger partial charge < -0.3 is 11.1 Å². The number of amides is 1. The van der Waals surface area contributed by atoms with E-state index in [-0.39, 0.29) is 17.7 Å². The molecule has 2 aliphatic rings. The zero-order valence-corrected chi connectivity index (χ0v) is 16.0. The van der Waals surface area contributed by atoms with Gasteiger partial charge in [-0.05, 0) is 55.8 Å². The molecular weight excluding hydrogens is 350 g/mol. The molecule has 2 fully saturated rings. The van der Waals surface area contributed by atoms with Crippen LogP contribution in [0.15, 0.2) is 29.2 Å². The molecule has 0 unspecified atom stereocenters. The minimum Gasteiger partial charge on any atom is -0.352 e. The maximum absolute atomic E-state index is 12.7. The number of hydrogen-bond donors (Lipinski definition) is 2. The topological polar surface area (TPSA) is 92.5 Å². The Morgan fingerprint density at radius 1 is 1.08 bits per heavy atom. The molecule has 0 spiro atoms. The summed E-state index contributed by atoms with van der Waals surface area (Å²) >= 11 is 0. The first-order valence-corrected chi connectivity index (χ1v) is 11.0.